The van der Waals surface area contributed by atoms with Gasteiger partial charge in [0.15, 0.2) is 11.5 Å². The molecule has 1 saturated heterocycles. The van der Waals surface area contributed by atoms with Crippen molar-refractivity contribution in [3.05, 3.63) is 29.7 Å². The zero-order valence-electron chi connectivity index (χ0n) is 11.5. The molecule has 6 heteroatoms. The number of aromatic nitrogens is 1. The van der Waals surface area contributed by atoms with Crippen LogP contribution in [-0.2, 0) is 6.54 Å². The summed E-state index contributed by atoms with van der Waals surface area (Å²) in [4.78, 5) is 18.1. The molecule has 0 unspecified atom stereocenters. The van der Waals surface area contributed by atoms with Gasteiger partial charge in [0.2, 0.25) is 0 Å². The van der Waals surface area contributed by atoms with Crippen molar-refractivity contribution in [2.45, 2.75) is 13.5 Å². The first-order chi connectivity index (χ1) is 9.72. The number of hydrogen-bond donors (Lipinski definition) is 2. The molecule has 1 aliphatic rings. The molecule has 0 spiro atoms. The largest absolute Gasteiger partial charge is 0.441 e. The normalized spacial score (nSPS) is 15.6. The minimum absolute atomic E-state index is 0.0112. The Kier molecular flexibility index (Phi) is 3.56. The topological polar surface area (TPSA) is 70.4 Å². The highest BCUT2D eigenvalue weighted by Gasteiger charge is 2.15. The lowest BCUT2D eigenvalue weighted by atomic mass is 10.2. The number of piperazine rings is 1. The van der Waals surface area contributed by atoms with E-state index in [0.717, 1.165) is 42.8 Å². The molecule has 0 atom stereocenters. The third-order valence-corrected chi connectivity index (χ3v) is 3.41. The maximum absolute atomic E-state index is 12.0. The van der Waals surface area contributed by atoms with E-state index in [1.165, 1.54) is 0 Å². The molecule has 1 fully saturated rings. The first-order valence-electron chi connectivity index (χ1n) is 6.82. The zero-order chi connectivity index (χ0) is 13.9. The average Bonchev–Trinajstić information content (AvgIpc) is 2.85. The standard InChI is InChI=1S/C14H18N4O2/c1-10-17-12-8-11(2-3-13(12)20-10)9-16-14(19)18-6-4-15-5-7-18/h2-3,8,15H,4-7,9H2,1H3,(H,16,19). The van der Waals surface area contributed by atoms with Gasteiger partial charge in [-0.05, 0) is 17.7 Å². The van der Waals surface area contributed by atoms with Gasteiger partial charge in [-0.3, -0.25) is 0 Å². The molecule has 1 aromatic carbocycles. The Hall–Kier alpha value is -2.08. The van der Waals surface area contributed by atoms with Gasteiger partial charge in [0.1, 0.15) is 5.52 Å². The van der Waals surface area contributed by atoms with Crippen LogP contribution in [0.4, 0.5) is 4.79 Å². The van der Waals surface area contributed by atoms with Crippen molar-refractivity contribution in [3.8, 4) is 0 Å². The van der Waals surface area contributed by atoms with E-state index in [1.807, 2.05) is 30.0 Å². The average molecular weight is 274 g/mol. The van der Waals surface area contributed by atoms with E-state index < -0.39 is 0 Å². The summed E-state index contributed by atoms with van der Waals surface area (Å²) in [6, 6.07) is 5.78. The zero-order valence-corrected chi connectivity index (χ0v) is 11.5. The van der Waals surface area contributed by atoms with Crippen molar-refractivity contribution in [1.82, 2.24) is 20.5 Å². The Bertz CT molecular complexity index is 617. The summed E-state index contributed by atoms with van der Waals surface area (Å²) in [6.07, 6.45) is 0. The van der Waals surface area contributed by atoms with Crippen LogP contribution in [0, 0.1) is 6.92 Å². The van der Waals surface area contributed by atoms with Crippen LogP contribution in [0.2, 0.25) is 0 Å². The molecule has 0 radical (unpaired) electrons. The molecule has 2 heterocycles. The molecule has 106 valence electrons. The lowest BCUT2D eigenvalue weighted by Crippen LogP contribution is -2.50. The van der Waals surface area contributed by atoms with E-state index in [2.05, 4.69) is 15.6 Å². The predicted molar refractivity (Wildman–Crippen MR) is 75.4 cm³/mol. The highest BCUT2D eigenvalue weighted by Crippen LogP contribution is 2.16. The van der Waals surface area contributed by atoms with E-state index in [4.69, 9.17) is 4.42 Å². The predicted octanol–water partition coefficient (Wildman–Crippen LogP) is 1.25. The number of benzene rings is 1. The van der Waals surface area contributed by atoms with Crippen molar-refractivity contribution in [3.63, 3.8) is 0 Å². The maximum atomic E-state index is 12.0. The van der Waals surface area contributed by atoms with Crippen LogP contribution in [0.1, 0.15) is 11.5 Å². The summed E-state index contributed by atoms with van der Waals surface area (Å²) < 4.78 is 5.43. The second kappa shape index (κ2) is 5.50. The van der Waals surface area contributed by atoms with Gasteiger partial charge in [-0.15, -0.1) is 0 Å². The Balaban J connectivity index is 1.62. The number of nitrogens with one attached hydrogen (secondary N) is 2. The van der Waals surface area contributed by atoms with E-state index in [0.29, 0.717) is 12.4 Å². The van der Waals surface area contributed by atoms with Crippen LogP contribution < -0.4 is 10.6 Å². The molecule has 6 nitrogen and oxygen atoms in total. The Morgan fingerprint density at radius 3 is 3.05 bits per heavy atom. The van der Waals surface area contributed by atoms with Crippen molar-refractivity contribution >= 4 is 17.1 Å². The Morgan fingerprint density at radius 2 is 2.25 bits per heavy atom. The summed E-state index contributed by atoms with van der Waals surface area (Å²) in [7, 11) is 0. The second-order valence-electron chi connectivity index (χ2n) is 4.93. The van der Waals surface area contributed by atoms with Crippen molar-refractivity contribution in [2.75, 3.05) is 26.2 Å². The van der Waals surface area contributed by atoms with Gasteiger partial charge in [-0.25, -0.2) is 9.78 Å². The third-order valence-electron chi connectivity index (χ3n) is 3.41. The third kappa shape index (κ3) is 2.75. The van der Waals surface area contributed by atoms with Gasteiger partial charge < -0.3 is 20.0 Å². The maximum Gasteiger partial charge on any atom is 0.317 e. The summed E-state index contributed by atoms with van der Waals surface area (Å²) >= 11 is 0. The summed E-state index contributed by atoms with van der Waals surface area (Å²) in [5.74, 6) is 0.655. The van der Waals surface area contributed by atoms with Gasteiger partial charge >= 0.3 is 6.03 Å². The molecule has 1 aliphatic heterocycles. The first kappa shape index (κ1) is 12.9. The van der Waals surface area contributed by atoms with Gasteiger partial charge in [0.05, 0.1) is 0 Å². The lowest BCUT2D eigenvalue weighted by molar-refractivity contribution is 0.190. The van der Waals surface area contributed by atoms with E-state index >= 15 is 0 Å². The molecular formula is C14H18N4O2. The number of nitrogens with zero attached hydrogens (tertiary/aromatic N) is 2. The number of rotatable bonds is 2. The number of aryl methyl sites for hydroxylation is 1. The first-order valence-corrected chi connectivity index (χ1v) is 6.82. The van der Waals surface area contributed by atoms with Crippen LogP contribution in [0.15, 0.2) is 22.6 Å². The minimum atomic E-state index is -0.0112. The molecular weight excluding hydrogens is 256 g/mol. The molecule has 2 aromatic rings. The molecule has 0 aliphatic carbocycles. The molecule has 0 saturated carbocycles. The summed E-state index contributed by atoms with van der Waals surface area (Å²) in [5, 5.41) is 6.17. The Morgan fingerprint density at radius 1 is 1.45 bits per heavy atom. The molecule has 1 aromatic heterocycles. The van der Waals surface area contributed by atoms with Gasteiger partial charge in [-0.2, -0.15) is 0 Å². The van der Waals surface area contributed by atoms with Gasteiger partial charge in [0.25, 0.3) is 0 Å². The molecule has 20 heavy (non-hydrogen) atoms. The fraction of sp³-hybridized carbons (Fsp3) is 0.429. The number of urea groups is 1. The number of oxazole rings is 1. The minimum Gasteiger partial charge on any atom is -0.441 e. The highest BCUT2D eigenvalue weighted by molar-refractivity contribution is 5.75. The van der Waals surface area contributed by atoms with Gasteiger partial charge in [-0.1, -0.05) is 6.07 Å². The number of fused-ring (bicyclic) bond motifs is 1. The van der Waals surface area contributed by atoms with Crippen LogP contribution >= 0.6 is 0 Å². The van der Waals surface area contributed by atoms with Crippen LogP contribution in [0.5, 0.6) is 0 Å². The van der Waals surface area contributed by atoms with Crippen LogP contribution in [0.25, 0.3) is 11.1 Å². The fourth-order valence-electron chi connectivity index (χ4n) is 2.36. The molecule has 2 amide bonds. The summed E-state index contributed by atoms with van der Waals surface area (Å²) in [5.41, 5.74) is 2.63. The van der Waals surface area contributed by atoms with Crippen molar-refractivity contribution in [1.29, 1.82) is 0 Å². The van der Waals surface area contributed by atoms with E-state index in [1.54, 1.807) is 0 Å². The lowest BCUT2D eigenvalue weighted by Gasteiger charge is -2.27. The fourth-order valence-corrected chi connectivity index (χ4v) is 2.36. The van der Waals surface area contributed by atoms with Crippen LogP contribution in [-0.4, -0.2) is 42.1 Å². The summed E-state index contributed by atoms with van der Waals surface area (Å²) in [6.45, 7) is 5.56. The van der Waals surface area contributed by atoms with Crippen molar-refractivity contribution in [2.24, 2.45) is 0 Å². The van der Waals surface area contributed by atoms with E-state index in [9.17, 15) is 4.79 Å². The quantitative estimate of drug-likeness (QED) is 0.864. The second-order valence-corrected chi connectivity index (χ2v) is 4.93. The number of hydrogen-bond acceptors (Lipinski definition) is 4. The SMILES string of the molecule is Cc1nc2cc(CNC(=O)N3CCNCC3)ccc2o1. The number of amides is 2. The molecule has 2 N–H and O–H groups in total. The molecule has 3 rings (SSSR count). The number of carbonyl (C=O) groups excluding carboxylic acids is 1. The molecule has 0 bridgehead atoms. The van der Waals surface area contributed by atoms with Gasteiger partial charge in [0, 0.05) is 39.6 Å². The Labute approximate surface area is 117 Å². The smallest absolute Gasteiger partial charge is 0.317 e. The van der Waals surface area contributed by atoms with Crippen LogP contribution in [0.3, 0.4) is 0 Å². The highest BCUT2D eigenvalue weighted by atomic mass is 16.3. The van der Waals surface area contributed by atoms with E-state index in [-0.39, 0.29) is 6.03 Å². The number of carbonyl (C=O) groups is 1. The monoisotopic (exact) mass is 274 g/mol. The van der Waals surface area contributed by atoms with Crippen molar-refractivity contribution < 1.29 is 9.21 Å².